The van der Waals surface area contributed by atoms with Crippen LogP contribution in [0.2, 0.25) is 0 Å². The van der Waals surface area contributed by atoms with Crippen molar-refractivity contribution in [1.29, 1.82) is 0 Å². The molecule has 2 atom stereocenters. The lowest BCUT2D eigenvalue weighted by Gasteiger charge is -2.28. The second kappa shape index (κ2) is 4.52. The predicted molar refractivity (Wildman–Crippen MR) is 63.4 cm³/mol. The van der Waals surface area contributed by atoms with Gasteiger partial charge < -0.3 is 11.1 Å². The highest BCUT2D eigenvalue weighted by molar-refractivity contribution is 7.80. The summed E-state index contributed by atoms with van der Waals surface area (Å²) in [5.41, 5.74) is 5.68. The zero-order valence-electron chi connectivity index (χ0n) is 8.84. The Morgan fingerprint density at radius 3 is 2.65 bits per heavy atom. The number of rotatable bonds is 1. The number of nitrogen functional groups attached to an aromatic ring is 1. The maximum Gasteiger partial charge on any atom is 0.164 e. The van der Waals surface area contributed by atoms with Crippen molar-refractivity contribution in [2.24, 2.45) is 0 Å². The summed E-state index contributed by atoms with van der Waals surface area (Å²) in [4.78, 5) is 0.0310. The van der Waals surface area contributed by atoms with Crippen LogP contribution in [0.4, 0.5) is 18.9 Å². The monoisotopic (exact) mass is 260 g/mol. The van der Waals surface area contributed by atoms with E-state index in [1.807, 2.05) is 0 Å². The summed E-state index contributed by atoms with van der Waals surface area (Å²) in [6.45, 7) is 0. The quantitative estimate of drug-likeness (QED) is 0.602. The summed E-state index contributed by atoms with van der Waals surface area (Å²) in [7, 11) is 0. The fourth-order valence-corrected chi connectivity index (χ4v) is 2.16. The molecule has 1 aliphatic heterocycles. The lowest BCUT2D eigenvalue weighted by atomic mass is 9.95. The topological polar surface area (TPSA) is 38.0 Å². The Morgan fingerprint density at radius 2 is 2.00 bits per heavy atom. The minimum Gasteiger partial charge on any atom is -0.399 e. The van der Waals surface area contributed by atoms with E-state index in [2.05, 4.69) is 5.32 Å². The van der Waals surface area contributed by atoms with Crippen molar-refractivity contribution >= 4 is 22.9 Å². The summed E-state index contributed by atoms with van der Waals surface area (Å²) < 4.78 is 39.9. The molecule has 1 aromatic carbocycles. The molecule has 0 aliphatic carbocycles. The Morgan fingerprint density at radius 1 is 1.29 bits per heavy atom. The summed E-state index contributed by atoms with van der Waals surface area (Å²) in [5, 5.41) is 2.67. The molecule has 1 fully saturated rings. The molecule has 0 bridgehead atoms. The van der Waals surface area contributed by atoms with Gasteiger partial charge in [-0.25, -0.2) is 13.2 Å². The lowest BCUT2D eigenvalue weighted by Crippen LogP contribution is -2.39. The Labute approximate surface area is 102 Å². The number of anilines is 1. The highest BCUT2D eigenvalue weighted by Gasteiger charge is 2.28. The van der Waals surface area contributed by atoms with Gasteiger partial charge in [-0.15, -0.1) is 0 Å². The van der Waals surface area contributed by atoms with Crippen LogP contribution in [0.25, 0.3) is 0 Å². The standard InChI is InChI=1S/C11H11F3N2S/c12-7-1-2-9(16-11(7)17)6-3-5(15)4-8(13)10(6)14/h3-4,7,9H,1-2,15H2,(H,16,17). The van der Waals surface area contributed by atoms with Crippen LogP contribution in [0.3, 0.4) is 0 Å². The van der Waals surface area contributed by atoms with Crippen LogP contribution >= 0.6 is 12.2 Å². The third-order valence-corrected chi connectivity index (χ3v) is 3.14. The minimum atomic E-state index is -1.21. The van der Waals surface area contributed by atoms with E-state index in [0.29, 0.717) is 6.42 Å². The fourth-order valence-electron chi connectivity index (χ4n) is 1.90. The van der Waals surface area contributed by atoms with Gasteiger partial charge in [-0.2, -0.15) is 0 Å². The summed E-state index contributed by atoms with van der Waals surface area (Å²) in [6, 6.07) is 1.74. The van der Waals surface area contributed by atoms with Crippen LogP contribution in [-0.2, 0) is 0 Å². The molecule has 3 N–H and O–H groups in total. The number of halogens is 3. The first-order valence-electron chi connectivity index (χ1n) is 5.18. The van der Waals surface area contributed by atoms with Crippen LogP contribution in [-0.4, -0.2) is 11.2 Å². The average molecular weight is 260 g/mol. The molecule has 0 spiro atoms. The molecule has 6 heteroatoms. The molecule has 1 aromatic rings. The summed E-state index contributed by atoms with van der Waals surface area (Å²) >= 11 is 4.78. The minimum absolute atomic E-state index is 0.0310. The van der Waals surface area contributed by atoms with Crippen molar-refractivity contribution in [3.63, 3.8) is 0 Å². The van der Waals surface area contributed by atoms with Gasteiger partial charge in [-0.05, 0) is 25.0 Å². The van der Waals surface area contributed by atoms with Crippen molar-refractivity contribution in [2.45, 2.75) is 25.1 Å². The zero-order valence-corrected chi connectivity index (χ0v) is 9.66. The number of nitrogens with one attached hydrogen (secondary N) is 1. The molecule has 0 amide bonds. The first kappa shape index (κ1) is 12.2. The Hall–Kier alpha value is -1.30. The Kier molecular flexibility index (Phi) is 3.24. The van der Waals surface area contributed by atoms with Crippen LogP contribution in [0.5, 0.6) is 0 Å². The number of benzene rings is 1. The molecule has 92 valence electrons. The largest absolute Gasteiger partial charge is 0.399 e. The molecular weight excluding hydrogens is 249 g/mol. The van der Waals surface area contributed by atoms with Gasteiger partial charge in [0.2, 0.25) is 0 Å². The van der Waals surface area contributed by atoms with Gasteiger partial charge in [-0.3, -0.25) is 0 Å². The van der Waals surface area contributed by atoms with Crippen molar-refractivity contribution in [2.75, 3.05) is 5.73 Å². The van der Waals surface area contributed by atoms with Crippen molar-refractivity contribution in [3.8, 4) is 0 Å². The smallest absolute Gasteiger partial charge is 0.164 e. The Balaban J connectivity index is 2.32. The van der Waals surface area contributed by atoms with Gasteiger partial charge in [0.1, 0.15) is 11.2 Å². The molecule has 17 heavy (non-hydrogen) atoms. The van der Waals surface area contributed by atoms with Crippen LogP contribution in [0.1, 0.15) is 24.4 Å². The van der Waals surface area contributed by atoms with E-state index in [1.165, 1.54) is 6.07 Å². The van der Waals surface area contributed by atoms with Crippen molar-refractivity contribution < 1.29 is 13.2 Å². The molecule has 0 radical (unpaired) electrons. The average Bonchev–Trinajstić information content (AvgIpc) is 2.27. The second-order valence-corrected chi connectivity index (χ2v) is 4.45. The van der Waals surface area contributed by atoms with Gasteiger partial charge in [0.25, 0.3) is 0 Å². The second-order valence-electron chi connectivity index (χ2n) is 4.01. The first-order valence-corrected chi connectivity index (χ1v) is 5.58. The molecule has 1 aliphatic rings. The molecule has 1 saturated heterocycles. The van der Waals surface area contributed by atoms with E-state index >= 15 is 0 Å². The normalized spacial score (nSPS) is 24.5. The van der Waals surface area contributed by atoms with E-state index in [9.17, 15) is 13.2 Å². The van der Waals surface area contributed by atoms with Gasteiger partial charge in [0.15, 0.2) is 11.6 Å². The highest BCUT2D eigenvalue weighted by Crippen LogP contribution is 2.29. The third kappa shape index (κ3) is 2.36. The zero-order chi connectivity index (χ0) is 12.6. The van der Waals surface area contributed by atoms with E-state index < -0.39 is 23.8 Å². The Bertz CT molecular complexity index is 464. The number of hydrogen-bond acceptors (Lipinski definition) is 2. The van der Waals surface area contributed by atoms with E-state index in [-0.39, 0.29) is 22.7 Å². The molecule has 2 nitrogen and oxygen atoms in total. The number of thiocarbonyl (C=S) groups is 1. The van der Waals surface area contributed by atoms with Gasteiger partial charge in [-0.1, -0.05) is 12.2 Å². The van der Waals surface area contributed by atoms with Crippen molar-refractivity contribution in [3.05, 3.63) is 29.3 Å². The molecule has 1 heterocycles. The summed E-state index contributed by atoms with van der Waals surface area (Å²) in [5.74, 6) is -1.97. The SMILES string of the molecule is Nc1cc(F)c(F)c(C2CCC(F)C(=S)N2)c1. The van der Waals surface area contributed by atoms with Crippen LogP contribution < -0.4 is 11.1 Å². The van der Waals surface area contributed by atoms with Crippen LogP contribution in [0.15, 0.2) is 12.1 Å². The highest BCUT2D eigenvalue weighted by atomic mass is 32.1. The van der Waals surface area contributed by atoms with Gasteiger partial charge >= 0.3 is 0 Å². The molecular formula is C11H11F3N2S. The van der Waals surface area contributed by atoms with E-state index in [4.69, 9.17) is 18.0 Å². The first-order chi connectivity index (χ1) is 7.99. The number of piperidine rings is 1. The molecule has 0 saturated carbocycles. The molecule has 2 unspecified atom stereocenters. The maximum absolute atomic E-state index is 13.6. The van der Waals surface area contributed by atoms with E-state index in [1.54, 1.807) is 0 Å². The number of alkyl halides is 1. The number of hydrogen-bond donors (Lipinski definition) is 2. The lowest BCUT2D eigenvalue weighted by molar-refractivity contribution is 0.337. The van der Waals surface area contributed by atoms with Gasteiger partial charge in [0, 0.05) is 11.3 Å². The molecule has 2 rings (SSSR count). The predicted octanol–water partition coefficient (Wildman–Crippen LogP) is 2.64. The molecule has 0 aromatic heterocycles. The fraction of sp³-hybridized carbons (Fsp3) is 0.364. The van der Waals surface area contributed by atoms with Crippen molar-refractivity contribution in [1.82, 2.24) is 5.32 Å². The number of nitrogens with two attached hydrogens (primary N) is 1. The summed E-state index contributed by atoms with van der Waals surface area (Å²) in [6.07, 6.45) is -0.664. The van der Waals surface area contributed by atoms with Crippen LogP contribution in [0, 0.1) is 11.6 Å². The third-order valence-electron chi connectivity index (χ3n) is 2.76. The van der Waals surface area contributed by atoms with E-state index in [0.717, 1.165) is 6.07 Å². The maximum atomic E-state index is 13.6. The van der Waals surface area contributed by atoms with Gasteiger partial charge in [0.05, 0.1) is 6.04 Å².